The monoisotopic (exact) mass is 610 g/mol. The van der Waals surface area contributed by atoms with Crippen LogP contribution in [0.2, 0.25) is 0 Å². The van der Waals surface area contributed by atoms with Crippen LogP contribution in [0.15, 0.2) is 66.7 Å². The number of nitrogens with zero attached hydrogens (tertiary/aromatic N) is 1. The topological polar surface area (TPSA) is 75.7 Å². The van der Waals surface area contributed by atoms with Crippen molar-refractivity contribution in [2.24, 2.45) is 23.7 Å². The molecule has 6 rings (SSSR count). The predicted octanol–water partition coefficient (Wildman–Crippen LogP) is 5.74. The van der Waals surface area contributed by atoms with Gasteiger partial charge in [-0.25, -0.2) is 0 Å². The molecule has 3 aromatic rings. The Bertz CT molecular complexity index is 1350. The van der Waals surface area contributed by atoms with Gasteiger partial charge in [0.2, 0.25) is 17.7 Å². The lowest BCUT2D eigenvalue weighted by Crippen LogP contribution is -2.46. The zero-order valence-corrected chi connectivity index (χ0v) is 22.6. The van der Waals surface area contributed by atoms with E-state index < -0.39 is 11.9 Å². The number of halogens is 2. The molecule has 3 aliphatic rings. The number of nitrogens with one attached hydrogen (secondary N) is 1. The molecule has 1 aliphatic heterocycles. The fraction of sp³-hybridized carbons (Fsp3) is 0.321. The first-order valence-electron chi connectivity index (χ1n) is 12.1. The van der Waals surface area contributed by atoms with Crippen molar-refractivity contribution < 1.29 is 19.1 Å². The lowest BCUT2D eigenvalue weighted by molar-refractivity contribution is -0.146. The van der Waals surface area contributed by atoms with Crippen molar-refractivity contribution in [2.75, 3.05) is 5.32 Å². The van der Waals surface area contributed by atoms with Gasteiger partial charge >= 0.3 is 0 Å². The summed E-state index contributed by atoms with van der Waals surface area (Å²) in [7, 11) is 0. The van der Waals surface area contributed by atoms with Gasteiger partial charge in [0.05, 0.1) is 11.8 Å². The number of amides is 3. The van der Waals surface area contributed by atoms with E-state index in [-0.39, 0.29) is 45.1 Å². The maximum Gasteiger partial charge on any atom is 0.247 e. The van der Waals surface area contributed by atoms with Gasteiger partial charge in [-0.2, -0.15) is 0 Å². The van der Waals surface area contributed by atoms with Gasteiger partial charge in [-0.3, -0.25) is 19.3 Å². The van der Waals surface area contributed by atoms with E-state index in [1.165, 1.54) is 4.90 Å². The van der Waals surface area contributed by atoms with Crippen LogP contribution in [0.5, 0.6) is 11.5 Å². The molecule has 3 aromatic carbocycles. The van der Waals surface area contributed by atoms with E-state index in [0.717, 1.165) is 22.9 Å². The number of carbonyl (C=O) groups excluding carboxylic acids is 3. The molecule has 1 saturated heterocycles. The van der Waals surface area contributed by atoms with Gasteiger partial charge in [0.1, 0.15) is 17.5 Å². The number of hydrogen-bond donors (Lipinski definition) is 1. The Morgan fingerprint density at radius 3 is 2.11 bits per heavy atom. The summed E-state index contributed by atoms with van der Waals surface area (Å²) >= 11 is 7.39. The molecule has 0 spiro atoms. The first kappa shape index (κ1) is 23.7. The van der Waals surface area contributed by atoms with E-state index >= 15 is 0 Å². The summed E-state index contributed by atoms with van der Waals surface area (Å²) in [5.74, 6) is 0.112. The molecule has 2 bridgehead atoms. The fourth-order valence-corrected chi connectivity index (χ4v) is 7.96. The Hall–Kier alpha value is -2.71. The third-order valence-corrected chi connectivity index (χ3v) is 11.1. The Morgan fingerprint density at radius 1 is 0.889 bits per heavy atom. The summed E-state index contributed by atoms with van der Waals surface area (Å²) < 4.78 is 5.97. The summed E-state index contributed by atoms with van der Waals surface area (Å²) in [6.07, 6.45) is 0.862. The molecule has 8 heteroatoms. The van der Waals surface area contributed by atoms with Gasteiger partial charge in [0, 0.05) is 15.3 Å². The van der Waals surface area contributed by atoms with Gasteiger partial charge < -0.3 is 10.1 Å². The Labute approximate surface area is 225 Å². The van der Waals surface area contributed by atoms with Crippen molar-refractivity contribution in [3.8, 4) is 11.5 Å². The number of imide groups is 1. The highest BCUT2D eigenvalue weighted by molar-refractivity contribution is 9.12. The molecule has 0 unspecified atom stereocenters. The second-order valence-corrected chi connectivity index (χ2v) is 12.0. The first-order chi connectivity index (χ1) is 17.3. The third-order valence-electron chi connectivity index (χ3n) is 7.87. The van der Waals surface area contributed by atoms with Crippen LogP contribution >= 0.6 is 31.9 Å². The van der Waals surface area contributed by atoms with E-state index in [2.05, 4.69) is 37.2 Å². The van der Waals surface area contributed by atoms with E-state index in [1.807, 2.05) is 42.5 Å². The zero-order chi connectivity index (χ0) is 25.1. The lowest BCUT2D eigenvalue weighted by atomic mass is 9.81. The molecule has 2 aliphatic carbocycles. The highest BCUT2D eigenvalue weighted by Crippen LogP contribution is 2.60. The number of rotatable bonds is 5. The summed E-state index contributed by atoms with van der Waals surface area (Å²) in [5.41, 5.74) is 0.568. The molecular weight excluding hydrogens is 588 g/mol. The van der Waals surface area contributed by atoms with Crippen molar-refractivity contribution >= 4 is 66.0 Å². The van der Waals surface area contributed by atoms with Crippen LogP contribution in [-0.4, -0.2) is 38.3 Å². The standard InChI is InChI=1S/C28H24Br2N2O4/c1-14(32-27(34)22-20-13-21(23(22)28(32)35)25(30)24(20)29)26(33)31-17-7-10-18(11-8-17)36-19-9-6-15-4-2-3-5-16(15)12-19/h2-12,14,20-25H,13H2,1H3,(H,31,33)/t14-,20-,21-,22-,23+,24-,25+/m1/s1. The smallest absolute Gasteiger partial charge is 0.247 e. The molecule has 1 heterocycles. The maximum absolute atomic E-state index is 13.2. The predicted molar refractivity (Wildman–Crippen MR) is 144 cm³/mol. The van der Waals surface area contributed by atoms with E-state index in [4.69, 9.17) is 4.74 Å². The fourth-order valence-electron chi connectivity index (χ4n) is 6.09. The van der Waals surface area contributed by atoms with Gasteiger partial charge in [-0.05, 0) is 72.4 Å². The van der Waals surface area contributed by atoms with Crippen molar-refractivity contribution in [1.82, 2.24) is 4.90 Å². The van der Waals surface area contributed by atoms with Crippen LogP contribution in [0.1, 0.15) is 13.3 Å². The summed E-state index contributed by atoms with van der Waals surface area (Å²) in [6, 6.07) is 20.1. The van der Waals surface area contributed by atoms with Crippen LogP contribution in [0.25, 0.3) is 10.8 Å². The van der Waals surface area contributed by atoms with E-state index in [0.29, 0.717) is 11.4 Å². The number of hydrogen-bond acceptors (Lipinski definition) is 4. The molecule has 0 radical (unpaired) electrons. The molecule has 7 atom stereocenters. The number of ether oxygens (including phenoxy) is 1. The summed E-state index contributed by atoms with van der Waals surface area (Å²) in [5, 5.41) is 5.07. The SMILES string of the molecule is C[C@H](C(=O)Nc1ccc(Oc2ccc3ccccc3c2)cc1)N1C(=O)[C@@H]2[C@H]3C[C@@H]([C@H](Br)[C@@H]3Br)[C@@H]2C1=O. The highest BCUT2D eigenvalue weighted by atomic mass is 79.9. The van der Waals surface area contributed by atoms with Crippen LogP contribution in [0.4, 0.5) is 5.69 Å². The minimum Gasteiger partial charge on any atom is -0.457 e. The third kappa shape index (κ3) is 3.77. The van der Waals surface area contributed by atoms with Crippen molar-refractivity contribution in [3.63, 3.8) is 0 Å². The van der Waals surface area contributed by atoms with Crippen molar-refractivity contribution in [1.29, 1.82) is 0 Å². The van der Waals surface area contributed by atoms with Gasteiger partial charge in [0.15, 0.2) is 0 Å². The molecule has 36 heavy (non-hydrogen) atoms. The number of anilines is 1. The van der Waals surface area contributed by atoms with Crippen LogP contribution in [0.3, 0.4) is 0 Å². The first-order valence-corrected chi connectivity index (χ1v) is 13.9. The molecule has 3 amide bonds. The minimum absolute atomic E-state index is 0.122. The molecule has 0 aromatic heterocycles. The van der Waals surface area contributed by atoms with Crippen LogP contribution < -0.4 is 10.1 Å². The van der Waals surface area contributed by atoms with Crippen LogP contribution in [0, 0.1) is 23.7 Å². The molecule has 1 N–H and O–H groups in total. The number of carbonyl (C=O) groups is 3. The molecular formula is C28H24Br2N2O4. The van der Waals surface area contributed by atoms with Gasteiger partial charge in [-0.1, -0.05) is 62.2 Å². The minimum atomic E-state index is -0.883. The zero-order valence-electron chi connectivity index (χ0n) is 19.4. The van der Waals surface area contributed by atoms with Gasteiger partial charge in [-0.15, -0.1) is 0 Å². The largest absolute Gasteiger partial charge is 0.457 e. The lowest BCUT2D eigenvalue weighted by Gasteiger charge is -2.28. The number of benzene rings is 3. The van der Waals surface area contributed by atoms with E-state index in [1.54, 1.807) is 31.2 Å². The Morgan fingerprint density at radius 2 is 1.47 bits per heavy atom. The number of alkyl halides is 2. The molecule has 3 fully saturated rings. The maximum atomic E-state index is 13.2. The molecule has 184 valence electrons. The molecule has 6 nitrogen and oxygen atoms in total. The second kappa shape index (κ2) is 8.99. The van der Waals surface area contributed by atoms with E-state index in [9.17, 15) is 14.4 Å². The molecule has 2 saturated carbocycles. The summed E-state index contributed by atoms with van der Waals surface area (Å²) in [4.78, 5) is 41.0. The highest BCUT2D eigenvalue weighted by Gasteiger charge is 2.67. The summed E-state index contributed by atoms with van der Waals surface area (Å²) in [6.45, 7) is 1.61. The second-order valence-electron chi connectivity index (χ2n) is 9.85. The van der Waals surface area contributed by atoms with Gasteiger partial charge in [0.25, 0.3) is 0 Å². The number of fused-ring (bicyclic) bond motifs is 6. The quantitative estimate of drug-likeness (QED) is 0.295. The Kier molecular flexibility index (Phi) is 5.91. The van der Waals surface area contributed by atoms with Crippen molar-refractivity contribution in [3.05, 3.63) is 66.7 Å². The number of likely N-dealkylation sites (tertiary alicyclic amines) is 1. The van der Waals surface area contributed by atoms with Crippen molar-refractivity contribution in [2.45, 2.75) is 29.0 Å². The van der Waals surface area contributed by atoms with Crippen LogP contribution in [-0.2, 0) is 14.4 Å². The normalized spacial score (nSPS) is 29.5. The average molecular weight is 612 g/mol. The average Bonchev–Trinajstić information content (AvgIpc) is 3.49. The Balaban J connectivity index is 1.12.